The second-order valence-electron chi connectivity index (χ2n) is 6.16. The fourth-order valence-corrected chi connectivity index (χ4v) is 3.94. The first kappa shape index (κ1) is 21.4. The summed E-state index contributed by atoms with van der Waals surface area (Å²) in [5.74, 6) is -0.243. The van der Waals surface area contributed by atoms with Gasteiger partial charge in [0.15, 0.2) is 0 Å². The van der Waals surface area contributed by atoms with Crippen LogP contribution in [0.3, 0.4) is 0 Å². The van der Waals surface area contributed by atoms with Gasteiger partial charge < -0.3 is 15.6 Å². The zero-order chi connectivity index (χ0) is 20.5. The molecule has 3 N–H and O–H groups in total. The first-order valence-electron chi connectivity index (χ1n) is 8.90. The Kier molecular flexibility index (Phi) is 8.09. The van der Waals surface area contributed by atoms with E-state index in [0.29, 0.717) is 24.4 Å². The Morgan fingerprint density at radius 1 is 1.28 bits per heavy atom. The third kappa shape index (κ3) is 7.19. The van der Waals surface area contributed by atoms with Crippen molar-refractivity contribution in [3.8, 4) is 0 Å². The molecule has 0 radical (unpaired) electrons. The van der Waals surface area contributed by atoms with E-state index in [4.69, 9.17) is 11.6 Å². The minimum Gasteiger partial charge on any atom is -0.354 e. The molecule has 2 amide bonds. The van der Waals surface area contributed by atoms with E-state index in [-0.39, 0.29) is 17.6 Å². The van der Waals surface area contributed by atoms with Gasteiger partial charge in [-0.25, -0.2) is 9.97 Å². The van der Waals surface area contributed by atoms with E-state index in [9.17, 15) is 9.59 Å². The number of aromatic amines is 1. The van der Waals surface area contributed by atoms with Gasteiger partial charge in [0, 0.05) is 46.6 Å². The molecule has 0 bridgehead atoms. The zero-order valence-electron chi connectivity index (χ0n) is 15.4. The molecule has 7 nitrogen and oxygen atoms in total. The highest BCUT2D eigenvalue weighted by atomic mass is 35.5. The van der Waals surface area contributed by atoms with Gasteiger partial charge in [-0.2, -0.15) is 0 Å². The van der Waals surface area contributed by atoms with Crippen LogP contribution in [0, 0.1) is 0 Å². The lowest BCUT2D eigenvalue weighted by Crippen LogP contribution is -2.49. The van der Waals surface area contributed by atoms with Gasteiger partial charge in [-0.05, 0) is 24.3 Å². The topological polar surface area (TPSA) is 99.8 Å². The lowest BCUT2D eigenvalue weighted by atomic mass is 10.1. The molecule has 0 fully saturated rings. The van der Waals surface area contributed by atoms with Crippen molar-refractivity contribution in [2.75, 3.05) is 12.3 Å². The second kappa shape index (κ2) is 11.0. The Bertz CT molecular complexity index is 901. The number of nitrogens with one attached hydrogen (secondary N) is 3. The minimum atomic E-state index is -0.683. The Balaban J connectivity index is 1.53. The minimum absolute atomic E-state index is 0.205. The Hall–Kier alpha value is -2.36. The normalized spacial score (nSPS) is 11.8. The molecule has 0 aliphatic heterocycles. The molecule has 2 aromatic heterocycles. The zero-order valence-corrected chi connectivity index (χ0v) is 17.8. The number of nitrogens with zero attached hydrogens (tertiary/aromatic N) is 2. The molecule has 2 heterocycles. The number of thioether (sulfide) groups is 1. The number of aromatic nitrogens is 3. The Morgan fingerprint density at radius 3 is 2.79 bits per heavy atom. The number of imidazole rings is 1. The summed E-state index contributed by atoms with van der Waals surface area (Å²) >= 11 is 8.72. The van der Waals surface area contributed by atoms with Crippen molar-refractivity contribution in [3.63, 3.8) is 0 Å². The quantitative estimate of drug-likeness (QED) is 0.413. The van der Waals surface area contributed by atoms with Crippen LogP contribution in [-0.2, 0) is 22.4 Å². The summed E-state index contributed by atoms with van der Waals surface area (Å²) in [6.45, 7) is 0.448. The number of H-pyrrole nitrogens is 1. The van der Waals surface area contributed by atoms with Crippen LogP contribution in [0.4, 0.5) is 0 Å². The molecule has 0 aliphatic rings. The van der Waals surface area contributed by atoms with Crippen molar-refractivity contribution < 1.29 is 9.59 Å². The maximum absolute atomic E-state index is 12.6. The predicted molar refractivity (Wildman–Crippen MR) is 115 cm³/mol. The van der Waals surface area contributed by atoms with Gasteiger partial charge in [-0.3, -0.25) is 9.59 Å². The van der Waals surface area contributed by atoms with Gasteiger partial charge >= 0.3 is 0 Å². The number of amides is 2. The van der Waals surface area contributed by atoms with Crippen molar-refractivity contribution >= 4 is 46.5 Å². The summed E-state index contributed by atoms with van der Waals surface area (Å²) in [4.78, 5) is 37.2. The van der Waals surface area contributed by atoms with Crippen molar-refractivity contribution in [1.29, 1.82) is 0 Å². The highest BCUT2D eigenvalue weighted by molar-refractivity contribution is 8.00. The van der Waals surface area contributed by atoms with E-state index in [0.717, 1.165) is 16.3 Å². The number of rotatable bonds is 10. The molecular weight excluding hydrogens is 430 g/mol. The van der Waals surface area contributed by atoms with Crippen molar-refractivity contribution in [3.05, 3.63) is 64.1 Å². The molecule has 0 saturated carbocycles. The summed E-state index contributed by atoms with van der Waals surface area (Å²) in [6.07, 6.45) is 4.29. The molecule has 0 aliphatic carbocycles. The van der Waals surface area contributed by atoms with Gasteiger partial charge in [0.1, 0.15) is 6.04 Å². The lowest BCUT2D eigenvalue weighted by molar-refractivity contribution is -0.127. The molecule has 1 aromatic carbocycles. The van der Waals surface area contributed by atoms with Crippen LogP contribution in [0.1, 0.15) is 11.4 Å². The third-order valence-electron chi connectivity index (χ3n) is 3.98. The third-order valence-corrected chi connectivity index (χ3v) is 5.88. The SMILES string of the molecule is O=C(CSc1ccc(Cl)cc1)NC(Cc1cscn1)C(=O)NCCc1cnc[nH]1. The summed E-state index contributed by atoms with van der Waals surface area (Å²) in [6, 6.07) is 6.59. The molecule has 0 saturated heterocycles. The molecule has 152 valence electrons. The smallest absolute Gasteiger partial charge is 0.242 e. The van der Waals surface area contributed by atoms with Gasteiger partial charge in [0.2, 0.25) is 11.8 Å². The van der Waals surface area contributed by atoms with E-state index in [1.54, 1.807) is 30.2 Å². The summed E-state index contributed by atoms with van der Waals surface area (Å²) in [7, 11) is 0. The maximum Gasteiger partial charge on any atom is 0.242 e. The fraction of sp³-hybridized carbons (Fsp3) is 0.263. The number of thiazole rings is 1. The number of halogens is 1. The number of benzene rings is 1. The molecule has 3 rings (SSSR count). The molecule has 1 atom stereocenters. The number of carbonyl (C=O) groups is 2. The van der Waals surface area contributed by atoms with Gasteiger partial charge in [0.25, 0.3) is 0 Å². The average molecular weight is 450 g/mol. The Morgan fingerprint density at radius 2 is 2.10 bits per heavy atom. The van der Waals surface area contributed by atoms with Crippen LogP contribution in [0.5, 0.6) is 0 Å². The number of hydrogen-bond acceptors (Lipinski definition) is 6. The van der Waals surface area contributed by atoms with E-state index >= 15 is 0 Å². The summed E-state index contributed by atoms with van der Waals surface area (Å²) in [5, 5.41) is 8.22. The highest BCUT2D eigenvalue weighted by Crippen LogP contribution is 2.20. The van der Waals surface area contributed by atoms with Crippen LogP contribution in [-0.4, -0.2) is 45.1 Å². The fourth-order valence-electron chi connectivity index (χ4n) is 2.54. The molecule has 1 unspecified atom stereocenters. The van der Waals surface area contributed by atoms with Gasteiger partial charge in [-0.15, -0.1) is 23.1 Å². The Labute approximate surface area is 181 Å². The van der Waals surface area contributed by atoms with Crippen LogP contribution >= 0.6 is 34.7 Å². The molecule has 29 heavy (non-hydrogen) atoms. The highest BCUT2D eigenvalue weighted by Gasteiger charge is 2.22. The molecule has 10 heteroatoms. The number of hydrogen-bond donors (Lipinski definition) is 3. The number of carbonyl (C=O) groups excluding carboxylic acids is 2. The molecule has 0 spiro atoms. The second-order valence-corrected chi connectivity index (χ2v) is 8.37. The van der Waals surface area contributed by atoms with Crippen LogP contribution < -0.4 is 10.6 Å². The van der Waals surface area contributed by atoms with E-state index < -0.39 is 6.04 Å². The van der Waals surface area contributed by atoms with Gasteiger partial charge in [-0.1, -0.05) is 11.6 Å². The predicted octanol–water partition coefficient (Wildman–Crippen LogP) is 2.70. The van der Waals surface area contributed by atoms with Crippen LogP contribution in [0.2, 0.25) is 5.02 Å². The van der Waals surface area contributed by atoms with Gasteiger partial charge in [0.05, 0.1) is 23.3 Å². The average Bonchev–Trinajstić information content (AvgIpc) is 3.41. The largest absolute Gasteiger partial charge is 0.354 e. The van der Waals surface area contributed by atoms with Crippen molar-refractivity contribution in [2.45, 2.75) is 23.8 Å². The standard InChI is InChI=1S/C19H20ClN5O2S2/c20-13-1-3-16(4-2-13)29-10-18(26)25-17(7-15-9-28-12-24-15)19(27)22-6-5-14-8-21-11-23-14/h1-4,8-9,11-12,17H,5-7,10H2,(H,21,23)(H,22,27)(H,25,26). The maximum atomic E-state index is 12.6. The van der Waals surface area contributed by atoms with Crippen molar-refractivity contribution in [2.24, 2.45) is 0 Å². The monoisotopic (exact) mass is 449 g/mol. The molecule has 3 aromatic rings. The van der Waals surface area contributed by atoms with E-state index in [2.05, 4.69) is 25.6 Å². The summed E-state index contributed by atoms with van der Waals surface area (Å²) < 4.78 is 0. The lowest BCUT2D eigenvalue weighted by Gasteiger charge is -2.17. The van der Waals surface area contributed by atoms with E-state index in [1.807, 2.05) is 17.5 Å². The summed E-state index contributed by atoms with van der Waals surface area (Å²) in [5.41, 5.74) is 3.42. The van der Waals surface area contributed by atoms with Crippen molar-refractivity contribution in [1.82, 2.24) is 25.6 Å². The first-order valence-corrected chi connectivity index (χ1v) is 11.2. The van der Waals surface area contributed by atoms with Crippen LogP contribution in [0.25, 0.3) is 0 Å². The molecular formula is C19H20ClN5O2S2. The van der Waals surface area contributed by atoms with E-state index in [1.165, 1.54) is 23.1 Å². The van der Waals surface area contributed by atoms with Crippen LogP contribution in [0.15, 0.2) is 52.6 Å². The first-order chi connectivity index (χ1) is 14.1.